The van der Waals surface area contributed by atoms with E-state index in [1.807, 2.05) is 11.7 Å². The minimum atomic E-state index is 0.480. The van der Waals surface area contributed by atoms with Gasteiger partial charge in [-0.15, -0.1) is 11.3 Å². The van der Waals surface area contributed by atoms with E-state index in [1.165, 1.54) is 16.5 Å². The Morgan fingerprint density at radius 3 is 2.92 bits per heavy atom. The molecule has 2 N–H and O–H groups in total. The molecule has 8 heteroatoms. The molecule has 7 nitrogen and oxygen atoms in total. The molecule has 4 rings (SSSR count). The van der Waals surface area contributed by atoms with Crippen molar-refractivity contribution < 1.29 is 4.52 Å². The number of hydrogen-bond acceptors (Lipinski definition) is 7. The Bertz CT molecular complexity index is 1000. The first-order valence-corrected chi connectivity index (χ1v) is 9.39. The maximum Gasteiger partial charge on any atom is 0.274 e. The molecular formula is C18H20N6OS. The summed E-state index contributed by atoms with van der Waals surface area (Å²) in [6, 6.07) is 8.44. The lowest BCUT2D eigenvalue weighted by molar-refractivity contribution is 0.411. The number of hydrazine groups is 1. The van der Waals surface area contributed by atoms with Crippen LogP contribution >= 0.6 is 11.3 Å². The van der Waals surface area contributed by atoms with Crippen molar-refractivity contribution in [2.45, 2.75) is 33.5 Å². The molecule has 0 aliphatic rings. The van der Waals surface area contributed by atoms with Crippen LogP contribution in [0.4, 0.5) is 0 Å². The third-order valence-corrected chi connectivity index (χ3v) is 5.06. The summed E-state index contributed by atoms with van der Waals surface area (Å²) in [7, 11) is 0. The molecule has 1 aromatic carbocycles. The quantitative estimate of drug-likeness (QED) is 0.385. The van der Waals surface area contributed by atoms with Gasteiger partial charge in [-0.1, -0.05) is 17.3 Å². The number of nitrogens with one attached hydrogen (secondary N) is 2. The molecule has 0 atom stereocenters. The molecule has 3 aromatic heterocycles. The third kappa shape index (κ3) is 3.26. The molecule has 0 spiro atoms. The molecule has 0 bridgehead atoms. The van der Waals surface area contributed by atoms with Gasteiger partial charge in [0.1, 0.15) is 5.69 Å². The normalized spacial score (nSPS) is 11.5. The Morgan fingerprint density at radius 1 is 1.23 bits per heavy atom. The maximum absolute atomic E-state index is 5.51. The monoisotopic (exact) mass is 368 g/mol. The van der Waals surface area contributed by atoms with E-state index >= 15 is 0 Å². The predicted molar refractivity (Wildman–Crippen MR) is 101 cm³/mol. The summed E-state index contributed by atoms with van der Waals surface area (Å²) in [5.74, 6) is 1.16. The number of hydrogen-bond donors (Lipinski definition) is 2. The van der Waals surface area contributed by atoms with E-state index in [2.05, 4.69) is 68.7 Å². The summed E-state index contributed by atoms with van der Waals surface area (Å²) < 4.78 is 7.71. The van der Waals surface area contributed by atoms with Crippen molar-refractivity contribution in [2.24, 2.45) is 0 Å². The molecule has 0 aliphatic carbocycles. The molecule has 0 radical (unpaired) electrons. The van der Waals surface area contributed by atoms with Gasteiger partial charge in [0, 0.05) is 35.1 Å². The molecule has 0 fully saturated rings. The summed E-state index contributed by atoms with van der Waals surface area (Å²) in [5.41, 5.74) is 11.4. The highest BCUT2D eigenvalue weighted by Crippen LogP contribution is 2.29. The number of aromatic nitrogens is 4. The van der Waals surface area contributed by atoms with Gasteiger partial charge in [0.15, 0.2) is 5.82 Å². The Balaban J connectivity index is 1.49. The van der Waals surface area contributed by atoms with Crippen LogP contribution < -0.4 is 10.9 Å². The second kappa shape index (κ2) is 7.36. The summed E-state index contributed by atoms with van der Waals surface area (Å²) in [6.45, 7) is 6.26. The van der Waals surface area contributed by atoms with E-state index in [0.717, 1.165) is 17.1 Å². The molecule has 26 heavy (non-hydrogen) atoms. The highest BCUT2D eigenvalue weighted by atomic mass is 32.1. The molecule has 134 valence electrons. The summed E-state index contributed by atoms with van der Waals surface area (Å²) in [6.07, 6.45) is 1.84. The second-order valence-electron chi connectivity index (χ2n) is 5.97. The molecular weight excluding hydrogens is 348 g/mol. The van der Waals surface area contributed by atoms with Crippen molar-refractivity contribution in [2.75, 3.05) is 0 Å². The van der Waals surface area contributed by atoms with Crippen molar-refractivity contribution >= 4 is 22.2 Å². The van der Waals surface area contributed by atoms with E-state index in [-0.39, 0.29) is 0 Å². The molecule has 0 amide bonds. The third-order valence-electron chi connectivity index (χ3n) is 4.28. The summed E-state index contributed by atoms with van der Waals surface area (Å²) in [5, 5.41) is 5.30. The standard InChI is InChI=1S/C18H20N6OS/c1-3-24-15-6-4-5-12(2)14(15)7-16(24)18-22-17(23-25-18)10-21-20-9-13-8-19-11-26-13/h4-8,11,20-21H,3,9-10H2,1-2H3. The minimum absolute atomic E-state index is 0.480. The van der Waals surface area contributed by atoms with Crippen molar-refractivity contribution in [1.82, 2.24) is 30.5 Å². The van der Waals surface area contributed by atoms with Crippen LogP contribution in [-0.2, 0) is 19.6 Å². The van der Waals surface area contributed by atoms with Crippen molar-refractivity contribution in [3.05, 3.63) is 52.2 Å². The zero-order valence-corrected chi connectivity index (χ0v) is 15.5. The zero-order valence-electron chi connectivity index (χ0n) is 14.7. The number of thiazole rings is 1. The number of rotatable bonds is 7. The highest BCUT2D eigenvalue weighted by Gasteiger charge is 2.16. The first-order valence-electron chi connectivity index (χ1n) is 8.51. The van der Waals surface area contributed by atoms with Crippen LogP contribution in [0.1, 0.15) is 23.2 Å². The lowest BCUT2D eigenvalue weighted by Crippen LogP contribution is -2.30. The minimum Gasteiger partial charge on any atom is -0.337 e. The van der Waals surface area contributed by atoms with Crippen molar-refractivity contribution in [3.8, 4) is 11.6 Å². The number of nitrogens with zero attached hydrogens (tertiary/aromatic N) is 4. The fourth-order valence-corrected chi connectivity index (χ4v) is 3.54. The van der Waals surface area contributed by atoms with Gasteiger partial charge < -0.3 is 9.09 Å². The Labute approximate surface area is 155 Å². The van der Waals surface area contributed by atoms with Crippen LogP contribution in [0.3, 0.4) is 0 Å². The number of benzene rings is 1. The Kier molecular flexibility index (Phi) is 4.79. The van der Waals surface area contributed by atoms with Crippen molar-refractivity contribution in [1.29, 1.82) is 0 Å². The average Bonchev–Trinajstić information content (AvgIpc) is 3.38. The molecule has 0 saturated heterocycles. The molecule has 0 unspecified atom stereocenters. The Morgan fingerprint density at radius 2 is 2.12 bits per heavy atom. The SMILES string of the molecule is CCn1c(-c2nc(CNNCc3cncs3)no2)cc2c(C)cccc21. The zero-order chi connectivity index (χ0) is 17.9. The van der Waals surface area contributed by atoms with E-state index < -0.39 is 0 Å². The lowest BCUT2D eigenvalue weighted by Gasteiger charge is -2.04. The van der Waals surface area contributed by atoms with Gasteiger partial charge in [0.25, 0.3) is 5.89 Å². The lowest BCUT2D eigenvalue weighted by atomic mass is 10.1. The highest BCUT2D eigenvalue weighted by molar-refractivity contribution is 7.09. The van der Waals surface area contributed by atoms with Gasteiger partial charge in [0.05, 0.1) is 12.1 Å². The molecule has 4 aromatic rings. The number of fused-ring (bicyclic) bond motifs is 1. The van der Waals surface area contributed by atoms with E-state index in [1.54, 1.807) is 11.3 Å². The van der Waals surface area contributed by atoms with E-state index in [0.29, 0.717) is 24.8 Å². The van der Waals surface area contributed by atoms with Crippen LogP contribution in [0.25, 0.3) is 22.5 Å². The average molecular weight is 368 g/mol. The van der Waals surface area contributed by atoms with Crippen LogP contribution in [0.15, 0.2) is 40.5 Å². The summed E-state index contributed by atoms with van der Waals surface area (Å²) >= 11 is 1.61. The predicted octanol–water partition coefficient (Wildman–Crippen LogP) is 3.27. The van der Waals surface area contributed by atoms with Crippen LogP contribution in [-0.4, -0.2) is 19.7 Å². The van der Waals surface area contributed by atoms with Crippen molar-refractivity contribution in [3.63, 3.8) is 0 Å². The van der Waals surface area contributed by atoms with Gasteiger partial charge in [0.2, 0.25) is 0 Å². The van der Waals surface area contributed by atoms with E-state index in [4.69, 9.17) is 4.52 Å². The van der Waals surface area contributed by atoms with Gasteiger partial charge in [-0.2, -0.15) is 4.98 Å². The number of aryl methyl sites for hydroxylation is 2. The summed E-state index contributed by atoms with van der Waals surface area (Å²) in [4.78, 5) is 9.74. The van der Waals surface area contributed by atoms with Crippen LogP contribution in [0, 0.1) is 6.92 Å². The van der Waals surface area contributed by atoms with E-state index in [9.17, 15) is 0 Å². The van der Waals surface area contributed by atoms with Gasteiger partial charge in [-0.05, 0) is 31.5 Å². The fraction of sp³-hybridized carbons (Fsp3) is 0.278. The molecule has 0 aliphatic heterocycles. The van der Waals surface area contributed by atoms with Gasteiger partial charge >= 0.3 is 0 Å². The van der Waals surface area contributed by atoms with Crippen LogP contribution in [0.5, 0.6) is 0 Å². The smallest absolute Gasteiger partial charge is 0.274 e. The molecule has 3 heterocycles. The first-order chi connectivity index (χ1) is 12.8. The Hall–Kier alpha value is -2.55. The largest absolute Gasteiger partial charge is 0.337 e. The topological polar surface area (TPSA) is 80.8 Å². The maximum atomic E-state index is 5.51. The molecule has 0 saturated carbocycles. The fourth-order valence-electron chi connectivity index (χ4n) is 3.00. The first kappa shape index (κ1) is 16.9. The van der Waals surface area contributed by atoms with Gasteiger partial charge in [-0.3, -0.25) is 10.4 Å². The van der Waals surface area contributed by atoms with Gasteiger partial charge in [-0.25, -0.2) is 5.43 Å². The second-order valence-corrected chi connectivity index (χ2v) is 6.94. The van der Waals surface area contributed by atoms with Crippen LogP contribution in [0.2, 0.25) is 0 Å².